The van der Waals surface area contributed by atoms with Gasteiger partial charge in [0.05, 0.1) is 6.33 Å². The van der Waals surface area contributed by atoms with Crippen molar-refractivity contribution >= 4 is 5.91 Å². The standard InChI is InChI=1S/C13H15N3O/c1-11-2-4-12(5-3-11)13(17)15-7-9-16-8-6-14-10-16/h2-6,8,10H,7,9H2,1H3,(H,15,17). The van der Waals surface area contributed by atoms with Gasteiger partial charge in [-0.2, -0.15) is 0 Å². The molecule has 0 saturated carbocycles. The van der Waals surface area contributed by atoms with Crippen molar-refractivity contribution in [1.82, 2.24) is 14.9 Å². The van der Waals surface area contributed by atoms with E-state index < -0.39 is 0 Å². The summed E-state index contributed by atoms with van der Waals surface area (Å²) in [5.41, 5.74) is 1.85. The fourth-order valence-electron chi connectivity index (χ4n) is 1.52. The van der Waals surface area contributed by atoms with E-state index in [2.05, 4.69) is 10.3 Å². The maximum absolute atomic E-state index is 11.7. The molecule has 0 saturated heterocycles. The minimum atomic E-state index is -0.0369. The Kier molecular flexibility index (Phi) is 3.55. The lowest BCUT2D eigenvalue weighted by atomic mass is 10.1. The molecule has 1 N–H and O–H groups in total. The third kappa shape index (κ3) is 3.17. The number of rotatable bonds is 4. The fourth-order valence-corrected chi connectivity index (χ4v) is 1.52. The van der Waals surface area contributed by atoms with Gasteiger partial charge in [0.15, 0.2) is 0 Å². The minimum absolute atomic E-state index is 0.0369. The number of carbonyl (C=O) groups is 1. The maximum atomic E-state index is 11.7. The summed E-state index contributed by atoms with van der Waals surface area (Å²) < 4.78 is 1.93. The van der Waals surface area contributed by atoms with Crippen molar-refractivity contribution in [2.45, 2.75) is 13.5 Å². The zero-order valence-electron chi connectivity index (χ0n) is 9.76. The Morgan fingerprint density at radius 3 is 2.76 bits per heavy atom. The Bertz CT molecular complexity index is 474. The van der Waals surface area contributed by atoms with Gasteiger partial charge in [-0.25, -0.2) is 4.98 Å². The molecule has 1 heterocycles. The summed E-state index contributed by atoms with van der Waals surface area (Å²) in [4.78, 5) is 15.7. The number of amides is 1. The van der Waals surface area contributed by atoms with Crippen molar-refractivity contribution in [3.05, 3.63) is 54.1 Å². The second-order valence-electron chi connectivity index (χ2n) is 3.92. The highest BCUT2D eigenvalue weighted by Crippen LogP contribution is 2.02. The van der Waals surface area contributed by atoms with Gasteiger partial charge in [0.1, 0.15) is 0 Å². The Morgan fingerprint density at radius 2 is 2.12 bits per heavy atom. The van der Waals surface area contributed by atoms with E-state index in [0.29, 0.717) is 12.1 Å². The minimum Gasteiger partial charge on any atom is -0.350 e. The predicted molar refractivity (Wildman–Crippen MR) is 65.7 cm³/mol. The summed E-state index contributed by atoms with van der Waals surface area (Å²) in [7, 11) is 0. The van der Waals surface area contributed by atoms with Crippen LogP contribution >= 0.6 is 0 Å². The second kappa shape index (κ2) is 5.30. The molecule has 2 aromatic rings. The molecule has 0 atom stereocenters. The number of aryl methyl sites for hydroxylation is 1. The van der Waals surface area contributed by atoms with Crippen LogP contribution in [0.4, 0.5) is 0 Å². The molecule has 0 aliphatic heterocycles. The lowest BCUT2D eigenvalue weighted by Gasteiger charge is -2.06. The number of benzene rings is 1. The van der Waals surface area contributed by atoms with E-state index in [-0.39, 0.29) is 5.91 Å². The van der Waals surface area contributed by atoms with Gasteiger partial charge in [-0.3, -0.25) is 4.79 Å². The maximum Gasteiger partial charge on any atom is 0.251 e. The zero-order chi connectivity index (χ0) is 12.1. The van der Waals surface area contributed by atoms with E-state index >= 15 is 0 Å². The van der Waals surface area contributed by atoms with Crippen LogP contribution in [0, 0.1) is 6.92 Å². The van der Waals surface area contributed by atoms with Crippen LogP contribution in [0.1, 0.15) is 15.9 Å². The summed E-state index contributed by atoms with van der Waals surface area (Å²) in [6, 6.07) is 7.54. The molecule has 1 aromatic carbocycles. The third-order valence-corrected chi connectivity index (χ3v) is 2.53. The topological polar surface area (TPSA) is 46.9 Å². The molecular weight excluding hydrogens is 214 g/mol. The van der Waals surface area contributed by atoms with Gasteiger partial charge >= 0.3 is 0 Å². The van der Waals surface area contributed by atoms with Crippen LogP contribution < -0.4 is 5.32 Å². The molecule has 17 heavy (non-hydrogen) atoms. The molecule has 88 valence electrons. The quantitative estimate of drug-likeness (QED) is 0.866. The van der Waals surface area contributed by atoms with Crippen LogP contribution in [0.25, 0.3) is 0 Å². The van der Waals surface area contributed by atoms with Crippen LogP contribution in [0.3, 0.4) is 0 Å². The van der Waals surface area contributed by atoms with E-state index in [9.17, 15) is 4.79 Å². The Labute approximate surface area is 100 Å². The van der Waals surface area contributed by atoms with E-state index in [1.807, 2.05) is 42.0 Å². The number of nitrogens with one attached hydrogen (secondary N) is 1. The van der Waals surface area contributed by atoms with Crippen LogP contribution in [-0.4, -0.2) is 22.0 Å². The normalized spacial score (nSPS) is 10.2. The zero-order valence-corrected chi connectivity index (χ0v) is 9.76. The van der Waals surface area contributed by atoms with Gasteiger partial charge in [0, 0.05) is 31.0 Å². The molecule has 4 nitrogen and oxygen atoms in total. The fraction of sp³-hybridized carbons (Fsp3) is 0.231. The number of hydrogen-bond acceptors (Lipinski definition) is 2. The van der Waals surface area contributed by atoms with Crippen molar-refractivity contribution in [3.8, 4) is 0 Å². The van der Waals surface area contributed by atoms with Crippen molar-refractivity contribution in [3.63, 3.8) is 0 Å². The van der Waals surface area contributed by atoms with Crippen LogP contribution in [0.2, 0.25) is 0 Å². The van der Waals surface area contributed by atoms with Crippen molar-refractivity contribution in [1.29, 1.82) is 0 Å². The van der Waals surface area contributed by atoms with Crippen LogP contribution in [0.5, 0.6) is 0 Å². The number of hydrogen-bond donors (Lipinski definition) is 1. The Balaban J connectivity index is 1.83. The van der Waals surface area contributed by atoms with Crippen molar-refractivity contribution in [2.24, 2.45) is 0 Å². The van der Waals surface area contributed by atoms with Gasteiger partial charge in [0.25, 0.3) is 5.91 Å². The van der Waals surface area contributed by atoms with Gasteiger partial charge in [0.2, 0.25) is 0 Å². The summed E-state index contributed by atoms with van der Waals surface area (Å²) in [5.74, 6) is -0.0369. The number of aromatic nitrogens is 2. The van der Waals surface area contributed by atoms with Gasteiger partial charge < -0.3 is 9.88 Å². The molecule has 0 bridgehead atoms. The highest BCUT2D eigenvalue weighted by Gasteiger charge is 2.03. The van der Waals surface area contributed by atoms with Gasteiger partial charge in [-0.05, 0) is 19.1 Å². The lowest BCUT2D eigenvalue weighted by Crippen LogP contribution is -2.26. The van der Waals surface area contributed by atoms with Crippen LogP contribution in [0.15, 0.2) is 43.0 Å². The lowest BCUT2D eigenvalue weighted by molar-refractivity contribution is 0.0952. The summed E-state index contributed by atoms with van der Waals surface area (Å²) in [5, 5.41) is 2.87. The number of imidazole rings is 1. The highest BCUT2D eigenvalue weighted by atomic mass is 16.1. The molecular formula is C13H15N3O. The van der Waals surface area contributed by atoms with E-state index in [0.717, 1.165) is 12.1 Å². The predicted octanol–water partition coefficient (Wildman–Crippen LogP) is 1.62. The van der Waals surface area contributed by atoms with E-state index in [1.165, 1.54) is 0 Å². The SMILES string of the molecule is Cc1ccc(C(=O)NCCn2ccnc2)cc1. The molecule has 1 amide bonds. The average molecular weight is 229 g/mol. The summed E-state index contributed by atoms with van der Waals surface area (Å²) >= 11 is 0. The molecule has 0 radical (unpaired) electrons. The number of carbonyl (C=O) groups excluding carboxylic acids is 1. The molecule has 0 fully saturated rings. The van der Waals surface area contributed by atoms with E-state index in [4.69, 9.17) is 0 Å². The monoisotopic (exact) mass is 229 g/mol. The summed E-state index contributed by atoms with van der Waals surface area (Å²) in [6.07, 6.45) is 5.33. The van der Waals surface area contributed by atoms with E-state index in [1.54, 1.807) is 12.5 Å². The molecule has 0 unspecified atom stereocenters. The highest BCUT2D eigenvalue weighted by molar-refractivity contribution is 5.94. The largest absolute Gasteiger partial charge is 0.350 e. The average Bonchev–Trinajstić information content (AvgIpc) is 2.83. The Morgan fingerprint density at radius 1 is 1.35 bits per heavy atom. The molecule has 1 aromatic heterocycles. The van der Waals surface area contributed by atoms with Crippen molar-refractivity contribution < 1.29 is 4.79 Å². The smallest absolute Gasteiger partial charge is 0.251 e. The molecule has 0 spiro atoms. The van der Waals surface area contributed by atoms with Crippen molar-refractivity contribution in [2.75, 3.05) is 6.54 Å². The Hall–Kier alpha value is -2.10. The first kappa shape index (κ1) is 11.4. The van der Waals surface area contributed by atoms with Gasteiger partial charge in [-0.15, -0.1) is 0 Å². The first-order chi connectivity index (χ1) is 8.25. The summed E-state index contributed by atoms with van der Waals surface area (Å²) in [6.45, 7) is 3.33. The third-order valence-electron chi connectivity index (χ3n) is 2.53. The molecule has 2 rings (SSSR count). The second-order valence-corrected chi connectivity index (χ2v) is 3.92. The molecule has 4 heteroatoms. The molecule has 0 aliphatic rings. The first-order valence-corrected chi connectivity index (χ1v) is 5.56. The van der Waals surface area contributed by atoms with Crippen LogP contribution in [-0.2, 0) is 6.54 Å². The number of nitrogens with zero attached hydrogens (tertiary/aromatic N) is 2. The first-order valence-electron chi connectivity index (χ1n) is 5.56. The van der Waals surface area contributed by atoms with Gasteiger partial charge in [-0.1, -0.05) is 17.7 Å². The molecule has 0 aliphatic carbocycles.